The number of nitrogens with two attached hydrogens (primary N) is 1. The fourth-order valence-corrected chi connectivity index (χ4v) is 2.10. The topological polar surface area (TPSA) is 58.4 Å². The van der Waals surface area contributed by atoms with Crippen molar-refractivity contribution in [2.45, 2.75) is 19.1 Å². The highest BCUT2D eigenvalue weighted by Gasteiger charge is 2.31. The van der Waals surface area contributed by atoms with Gasteiger partial charge in [-0.05, 0) is 30.2 Å². The van der Waals surface area contributed by atoms with Crippen LogP contribution >= 0.6 is 0 Å². The molecule has 2 amide bonds. The summed E-state index contributed by atoms with van der Waals surface area (Å²) in [4.78, 5) is 13.5. The van der Waals surface area contributed by atoms with Gasteiger partial charge < -0.3 is 16.0 Å². The second kappa shape index (κ2) is 5.32. The number of hydrogen-bond donors (Lipinski definition) is 2. The molecule has 0 bridgehead atoms. The molecule has 2 rings (SSSR count). The van der Waals surface area contributed by atoms with Gasteiger partial charge in [-0.25, -0.2) is 4.79 Å². The number of likely N-dealkylation sites (tertiary alicyclic amines) is 1. The number of nitrogens with one attached hydrogen (secondary N) is 1. The van der Waals surface area contributed by atoms with Crippen molar-refractivity contribution in [2.24, 2.45) is 11.7 Å². The molecule has 0 aliphatic carbocycles. The summed E-state index contributed by atoms with van der Waals surface area (Å²) in [6, 6.07) is 3.94. The van der Waals surface area contributed by atoms with E-state index >= 15 is 0 Å². The Hall–Kier alpha value is -1.76. The van der Waals surface area contributed by atoms with Crippen LogP contribution in [-0.2, 0) is 6.18 Å². The Morgan fingerprint density at radius 2 is 1.90 bits per heavy atom. The van der Waals surface area contributed by atoms with Crippen LogP contribution in [-0.4, -0.2) is 30.1 Å². The number of benzene rings is 1. The van der Waals surface area contributed by atoms with E-state index in [1.807, 2.05) is 6.92 Å². The number of rotatable bonds is 1. The molecule has 110 valence electrons. The molecule has 1 saturated heterocycles. The van der Waals surface area contributed by atoms with Crippen molar-refractivity contribution < 1.29 is 18.0 Å². The van der Waals surface area contributed by atoms with Crippen molar-refractivity contribution in [3.63, 3.8) is 0 Å². The van der Waals surface area contributed by atoms with Gasteiger partial charge in [-0.1, -0.05) is 6.92 Å². The third-order valence-corrected chi connectivity index (χ3v) is 3.42. The number of carbonyl (C=O) groups is 1. The second-order valence-corrected chi connectivity index (χ2v) is 5.05. The molecule has 0 saturated carbocycles. The number of urea groups is 1. The summed E-state index contributed by atoms with van der Waals surface area (Å²) in [7, 11) is 0. The number of carbonyl (C=O) groups excluding carboxylic acids is 1. The molecule has 1 aromatic rings. The van der Waals surface area contributed by atoms with Crippen LogP contribution in [0.25, 0.3) is 0 Å². The van der Waals surface area contributed by atoms with Crippen LogP contribution in [0.2, 0.25) is 0 Å². The van der Waals surface area contributed by atoms with E-state index in [0.29, 0.717) is 18.8 Å². The van der Waals surface area contributed by atoms with Crippen LogP contribution in [0.5, 0.6) is 0 Å². The van der Waals surface area contributed by atoms with E-state index in [4.69, 9.17) is 5.73 Å². The van der Waals surface area contributed by atoms with Gasteiger partial charge in [-0.2, -0.15) is 13.2 Å². The van der Waals surface area contributed by atoms with Gasteiger partial charge in [0.25, 0.3) is 0 Å². The third kappa shape index (κ3) is 3.22. The molecule has 1 aliphatic heterocycles. The quantitative estimate of drug-likeness (QED) is 0.834. The Morgan fingerprint density at radius 3 is 2.35 bits per heavy atom. The highest BCUT2D eigenvalue weighted by Crippen LogP contribution is 2.29. The molecule has 1 aromatic carbocycles. The number of halogens is 3. The number of alkyl halides is 3. The summed E-state index contributed by atoms with van der Waals surface area (Å²) in [5.41, 5.74) is 5.41. The van der Waals surface area contributed by atoms with Crippen LogP contribution in [0, 0.1) is 5.92 Å². The second-order valence-electron chi connectivity index (χ2n) is 5.05. The average molecular weight is 287 g/mol. The van der Waals surface area contributed by atoms with Crippen LogP contribution in [0.4, 0.5) is 23.7 Å². The zero-order chi connectivity index (χ0) is 14.9. The van der Waals surface area contributed by atoms with E-state index in [2.05, 4.69) is 5.32 Å². The summed E-state index contributed by atoms with van der Waals surface area (Å²) < 4.78 is 37.2. The Labute approximate surface area is 114 Å². The molecule has 1 heterocycles. The monoisotopic (exact) mass is 287 g/mol. The molecular formula is C13H16F3N3O. The zero-order valence-corrected chi connectivity index (χ0v) is 10.9. The predicted octanol–water partition coefficient (Wildman–Crippen LogP) is 2.52. The molecule has 1 aliphatic rings. The Bertz CT molecular complexity index is 477. The molecule has 4 nitrogen and oxygen atoms in total. The summed E-state index contributed by atoms with van der Waals surface area (Å²) in [6.07, 6.45) is -4.38. The lowest BCUT2D eigenvalue weighted by molar-refractivity contribution is -0.137. The molecule has 3 N–H and O–H groups in total. The van der Waals surface area contributed by atoms with Gasteiger partial charge in [-0.15, -0.1) is 0 Å². The van der Waals surface area contributed by atoms with Crippen molar-refractivity contribution in [1.82, 2.24) is 4.90 Å². The van der Waals surface area contributed by atoms with Crippen molar-refractivity contribution in [1.29, 1.82) is 0 Å². The van der Waals surface area contributed by atoms with E-state index in [1.54, 1.807) is 4.90 Å². The minimum absolute atomic E-state index is 0.0617. The average Bonchev–Trinajstić information content (AvgIpc) is 2.69. The zero-order valence-electron chi connectivity index (χ0n) is 10.9. The molecule has 2 unspecified atom stereocenters. The van der Waals surface area contributed by atoms with Gasteiger partial charge in [-0.3, -0.25) is 0 Å². The Kier molecular flexibility index (Phi) is 3.89. The van der Waals surface area contributed by atoms with Crippen LogP contribution in [0.3, 0.4) is 0 Å². The van der Waals surface area contributed by atoms with Gasteiger partial charge in [0.15, 0.2) is 0 Å². The lowest BCUT2D eigenvalue weighted by atomic mass is 10.1. The molecule has 20 heavy (non-hydrogen) atoms. The molecule has 0 radical (unpaired) electrons. The molecule has 0 spiro atoms. The molecule has 0 aromatic heterocycles. The minimum Gasteiger partial charge on any atom is -0.326 e. The Morgan fingerprint density at radius 1 is 1.30 bits per heavy atom. The van der Waals surface area contributed by atoms with Gasteiger partial charge in [0.05, 0.1) is 5.56 Å². The number of nitrogens with zero attached hydrogens (tertiary/aromatic N) is 1. The van der Waals surface area contributed by atoms with Crippen LogP contribution in [0.15, 0.2) is 24.3 Å². The normalized spacial score (nSPS) is 22.9. The maximum absolute atomic E-state index is 12.4. The Balaban J connectivity index is 1.98. The van der Waals surface area contributed by atoms with Crippen LogP contribution < -0.4 is 11.1 Å². The van der Waals surface area contributed by atoms with Crippen molar-refractivity contribution >= 4 is 11.7 Å². The standard InChI is InChI=1S/C13H16F3N3O/c1-8-6-19(7-11(8)17)12(20)18-10-4-2-9(3-5-10)13(14,15)16/h2-5,8,11H,6-7,17H2,1H3,(H,18,20). The number of anilines is 1. The summed E-state index contributed by atoms with van der Waals surface area (Å²) in [5.74, 6) is 0.216. The van der Waals surface area contributed by atoms with Crippen molar-refractivity contribution in [2.75, 3.05) is 18.4 Å². The lowest BCUT2D eigenvalue weighted by Gasteiger charge is -2.17. The molecule has 2 atom stereocenters. The van der Waals surface area contributed by atoms with Gasteiger partial charge in [0.1, 0.15) is 0 Å². The molecule has 1 fully saturated rings. The summed E-state index contributed by atoms with van der Waals surface area (Å²) in [6.45, 7) is 2.96. The maximum Gasteiger partial charge on any atom is 0.416 e. The summed E-state index contributed by atoms with van der Waals surface area (Å²) >= 11 is 0. The summed E-state index contributed by atoms with van der Waals surface area (Å²) in [5, 5.41) is 2.57. The van der Waals surface area contributed by atoms with Crippen molar-refractivity contribution in [3.8, 4) is 0 Å². The fourth-order valence-electron chi connectivity index (χ4n) is 2.10. The van der Waals surface area contributed by atoms with Crippen LogP contribution in [0.1, 0.15) is 12.5 Å². The van der Waals surface area contributed by atoms with Crippen molar-refractivity contribution in [3.05, 3.63) is 29.8 Å². The van der Waals surface area contributed by atoms with E-state index in [-0.39, 0.29) is 18.0 Å². The van der Waals surface area contributed by atoms with Gasteiger partial charge in [0, 0.05) is 24.8 Å². The van der Waals surface area contributed by atoms with E-state index in [1.165, 1.54) is 12.1 Å². The first-order valence-corrected chi connectivity index (χ1v) is 6.26. The highest BCUT2D eigenvalue weighted by molar-refractivity contribution is 5.89. The SMILES string of the molecule is CC1CN(C(=O)Nc2ccc(C(F)(F)F)cc2)CC1N. The predicted molar refractivity (Wildman–Crippen MR) is 69.2 cm³/mol. The van der Waals surface area contributed by atoms with Gasteiger partial charge >= 0.3 is 12.2 Å². The largest absolute Gasteiger partial charge is 0.416 e. The first kappa shape index (κ1) is 14.6. The molecule has 7 heteroatoms. The fraction of sp³-hybridized carbons (Fsp3) is 0.462. The maximum atomic E-state index is 12.4. The highest BCUT2D eigenvalue weighted by atomic mass is 19.4. The van der Waals surface area contributed by atoms with E-state index in [9.17, 15) is 18.0 Å². The molecular weight excluding hydrogens is 271 g/mol. The number of amides is 2. The first-order chi connectivity index (χ1) is 9.27. The van der Waals surface area contributed by atoms with E-state index in [0.717, 1.165) is 12.1 Å². The van der Waals surface area contributed by atoms with Gasteiger partial charge in [0.2, 0.25) is 0 Å². The lowest BCUT2D eigenvalue weighted by Crippen LogP contribution is -2.35. The third-order valence-electron chi connectivity index (χ3n) is 3.42. The first-order valence-electron chi connectivity index (χ1n) is 6.26. The minimum atomic E-state index is -4.38. The smallest absolute Gasteiger partial charge is 0.326 e. The van der Waals surface area contributed by atoms with E-state index < -0.39 is 11.7 Å². The number of hydrogen-bond acceptors (Lipinski definition) is 2.